The number of hydrogen-bond acceptors (Lipinski definition) is 4. The first kappa shape index (κ1) is 20.5. The third-order valence-electron chi connectivity index (χ3n) is 6.13. The van der Waals surface area contributed by atoms with E-state index in [-0.39, 0.29) is 0 Å². The molecule has 156 valence electrons. The fourth-order valence-electron chi connectivity index (χ4n) is 4.42. The zero-order chi connectivity index (χ0) is 21.1. The van der Waals surface area contributed by atoms with Crippen LogP contribution in [0.1, 0.15) is 30.5 Å². The molecule has 0 bridgehead atoms. The minimum Gasteiger partial charge on any atom is -0.492 e. The molecule has 0 aliphatic carbocycles. The van der Waals surface area contributed by atoms with Gasteiger partial charge in [0, 0.05) is 24.8 Å². The van der Waals surface area contributed by atoms with Crippen LogP contribution in [0.4, 0.5) is 11.4 Å². The topological polar surface area (TPSA) is 35.9 Å². The van der Waals surface area contributed by atoms with Crippen molar-refractivity contribution < 1.29 is 9.84 Å². The fraction of sp³-hybridized carbons (Fsp3) is 0.308. The second-order valence-electron chi connectivity index (χ2n) is 7.68. The third-order valence-corrected chi connectivity index (χ3v) is 6.13. The quantitative estimate of drug-likeness (QED) is 0.617. The minimum atomic E-state index is -1.29. The minimum absolute atomic E-state index is 0.578. The summed E-state index contributed by atoms with van der Waals surface area (Å²) >= 11 is 0. The van der Waals surface area contributed by atoms with Gasteiger partial charge in [0.15, 0.2) is 0 Å². The van der Waals surface area contributed by atoms with Crippen molar-refractivity contribution in [2.45, 2.75) is 19.4 Å². The first-order chi connectivity index (χ1) is 14.6. The molecule has 4 heteroatoms. The van der Waals surface area contributed by atoms with Gasteiger partial charge >= 0.3 is 0 Å². The van der Waals surface area contributed by atoms with Crippen LogP contribution in [0, 0.1) is 0 Å². The SMILES string of the molecule is CCN(CC)CCOc1cccc2c1C(O)(c1ccccc1)c1ccccc1N2C. The zero-order valence-corrected chi connectivity index (χ0v) is 18.0. The van der Waals surface area contributed by atoms with Crippen molar-refractivity contribution in [2.24, 2.45) is 0 Å². The van der Waals surface area contributed by atoms with Crippen molar-refractivity contribution in [3.8, 4) is 5.75 Å². The van der Waals surface area contributed by atoms with Gasteiger partial charge in [-0.2, -0.15) is 0 Å². The highest BCUT2D eigenvalue weighted by atomic mass is 16.5. The number of nitrogens with zero attached hydrogens (tertiary/aromatic N) is 2. The Bertz CT molecular complexity index is 1000. The number of anilines is 2. The Hall–Kier alpha value is -2.82. The summed E-state index contributed by atoms with van der Waals surface area (Å²) < 4.78 is 6.29. The standard InChI is InChI=1S/C26H30N2O2/c1-4-28(5-2)18-19-30-24-17-11-16-23-25(24)26(29,20-12-7-6-8-13-20)21-14-9-10-15-22(21)27(23)3/h6-17,29H,4-5,18-19H2,1-3H3. The van der Waals surface area contributed by atoms with Crippen LogP contribution < -0.4 is 9.64 Å². The molecule has 1 atom stereocenters. The van der Waals surface area contributed by atoms with Crippen molar-refractivity contribution in [1.82, 2.24) is 4.90 Å². The van der Waals surface area contributed by atoms with E-state index in [9.17, 15) is 5.11 Å². The monoisotopic (exact) mass is 402 g/mol. The zero-order valence-electron chi connectivity index (χ0n) is 18.0. The van der Waals surface area contributed by atoms with E-state index >= 15 is 0 Å². The van der Waals surface area contributed by atoms with Crippen molar-refractivity contribution in [1.29, 1.82) is 0 Å². The molecule has 0 fully saturated rings. The summed E-state index contributed by atoms with van der Waals surface area (Å²) in [6.45, 7) is 7.75. The number of fused-ring (bicyclic) bond motifs is 2. The first-order valence-electron chi connectivity index (χ1n) is 10.7. The predicted octanol–water partition coefficient (Wildman–Crippen LogP) is 4.77. The van der Waals surface area contributed by atoms with Gasteiger partial charge in [-0.1, -0.05) is 68.4 Å². The number of likely N-dealkylation sites (N-methyl/N-ethyl adjacent to an activating group) is 1. The Morgan fingerprint density at radius 3 is 2.27 bits per heavy atom. The smallest absolute Gasteiger partial charge is 0.148 e. The first-order valence-corrected chi connectivity index (χ1v) is 10.7. The Morgan fingerprint density at radius 2 is 1.53 bits per heavy atom. The highest BCUT2D eigenvalue weighted by Gasteiger charge is 2.44. The van der Waals surface area contributed by atoms with Gasteiger partial charge in [-0.25, -0.2) is 0 Å². The Labute approximate surface area is 179 Å². The Kier molecular flexibility index (Phi) is 5.80. The summed E-state index contributed by atoms with van der Waals surface area (Å²) in [5.41, 5.74) is 3.18. The molecule has 4 rings (SSSR count). The van der Waals surface area contributed by atoms with Gasteiger partial charge in [0.05, 0.1) is 11.3 Å². The maximum atomic E-state index is 12.3. The van der Waals surface area contributed by atoms with Crippen LogP contribution in [0.5, 0.6) is 5.75 Å². The van der Waals surface area contributed by atoms with Gasteiger partial charge in [0.2, 0.25) is 0 Å². The number of aliphatic hydroxyl groups is 1. The van der Waals surface area contributed by atoms with Crippen LogP contribution in [0.3, 0.4) is 0 Å². The second kappa shape index (κ2) is 8.50. The average Bonchev–Trinajstić information content (AvgIpc) is 2.81. The summed E-state index contributed by atoms with van der Waals surface area (Å²) in [7, 11) is 2.04. The molecule has 4 nitrogen and oxygen atoms in total. The lowest BCUT2D eigenvalue weighted by molar-refractivity contribution is 0.119. The van der Waals surface area contributed by atoms with Gasteiger partial charge in [-0.15, -0.1) is 0 Å². The molecule has 30 heavy (non-hydrogen) atoms. The molecule has 3 aromatic carbocycles. The molecule has 1 heterocycles. The molecule has 0 amide bonds. The second-order valence-corrected chi connectivity index (χ2v) is 7.68. The Balaban J connectivity index is 1.84. The van der Waals surface area contributed by atoms with Gasteiger partial charge < -0.3 is 19.6 Å². The van der Waals surface area contributed by atoms with E-state index in [1.54, 1.807) is 0 Å². The maximum Gasteiger partial charge on any atom is 0.148 e. The molecular weight excluding hydrogens is 372 g/mol. The molecule has 0 radical (unpaired) electrons. The molecular formula is C26H30N2O2. The Morgan fingerprint density at radius 1 is 0.867 bits per heavy atom. The summed E-state index contributed by atoms with van der Waals surface area (Å²) in [6, 6.07) is 24.0. The summed E-state index contributed by atoms with van der Waals surface area (Å²) in [4.78, 5) is 4.47. The molecule has 0 saturated heterocycles. The van der Waals surface area contributed by atoms with Crippen LogP contribution in [-0.4, -0.2) is 43.3 Å². The lowest BCUT2D eigenvalue weighted by Gasteiger charge is -2.42. The molecule has 0 aromatic heterocycles. The molecule has 1 aliphatic heterocycles. The van der Waals surface area contributed by atoms with Crippen molar-refractivity contribution in [2.75, 3.05) is 38.2 Å². The van der Waals surface area contributed by atoms with E-state index in [1.807, 2.05) is 67.7 Å². The summed E-state index contributed by atoms with van der Waals surface area (Å²) in [5.74, 6) is 0.729. The van der Waals surface area contributed by atoms with Crippen LogP contribution >= 0.6 is 0 Å². The molecule has 1 unspecified atom stereocenters. The summed E-state index contributed by atoms with van der Waals surface area (Å²) in [5, 5.41) is 12.3. The third kappa shape index (κ3) is 3.36. The van der Waals surface area contributed by atoms with Crippen LogP contribution in [-0.2, 0) is 5.60 Å². The van der Waals surface area contributed by atoms with Gasteiger partial charge in [-0.3, -0.25) is 0 Å². The molecule has 0 spiro atoms. The predicted molar refractivity (Wildman–Crippen MR) is 123 cm³/mol. The number of rotatable bonds is 7. The van der Waals surface area contributed by atoms with E-state index < -0.39 is 5.60 Å². The summed E-state index contributed by atoms with van der Waals surface area (Å²) in [6.07, 6.45) is 0. The van der Waals surface area contributed by atoms with Crippen molar-refractivity contribution >= 4 is 11.4 Å². The normalized spacial score (nSPS) is 17.6. The number of hydrogen-bond donors (Lipinski definition) is 1. The number of ether oxygens (including phenoxy) is 1. The van der Waals surface area contributed by atoms with E-state index in [4.69, 9.17) is 4.74 Å². The average molecular weight is 403 g/mol. The van der Waals surface area contributed by atoms with Crippen LogP contribution in [0.25, 0.3) is 0 Å². The van der Waals surface area contributed by atoms with E-state index in [2.05, 4.69) is 35.8 Å². The van der Waals surface area contributed by atoms with Crippen LogP contribution in [0.2, 0.25) is 0 Å². The van der Waals surface area contributed by atoms with Gasteiger partial charge in [0.1, 0.15) is 18.0 Å². The van der Waals surface area contributed by atoms with Crippen LogP contribution in [0.15, 0.2) is 72.8 Å². The van der Waals surface area contributed by atoms with E-state index in [1.165, 1.54) is 0 Å². The highest BCUT2D eigenvalue weighted by molar-refractivity contribution is 5.81. The van der Waals surface area contributed by atoms with E-state index in [0.29, 0.717) is 6.61 Å². The molecule has 1 N–H and O–H groups in total. The van der Waals surface area contributed by atoms with Gasteiger partial charge in [-0.05, 0) is 36.9 Å². The maximum absolute atomic E-state index is 12.3. The van der Waals surface area contributed by atoms with Crippen molar-refractivity contribution in [3.63, 3.8) is 0 Å². The largest absolute Gasteiger partial charge is 0.492 e. The fourth-order valence-corrected chi connectivity index (χ4v) is 4.42. The number of benzene rings is 3. The van der Waals surface area contributed by atoms with Gasteiger partial charge in [0.25, 0.3) is 0 Å². The van der Waals surface area contributed by atoms with E-state index in [0.717, 1.165) is 53.4 Å². The lowest BCUT2D eigenvalue weighted by atomic mass is 9.75. The molecule has 1 aliphatic rings. The van der Waals surface area contributed by atoms with Crippen molar-refractivity contribution in [3.05, 3.63) is 89.5 Å². The number of para-hydroxylation sites is 1. The lowest BCUT2D eigenvalue weighted by Crippen LogP contribution is -2.37. The highest BCUT2D eigenvalue weighted by Crippen LogP contribution is 2.53. The molecule has 3 aromatic rings. The molecule has 0 saturated carbocycles.